The minimum atomic E-state index is -0.379. The third-order valence-corrected chi connectivity index (χ3v) is 4.35. The number of benzene rings is 1. The number of hydrogen-bond donors (Lipinski definition) is 1. The summed E-state index contributed by atoms with van der Waals surface area (Å²) in [5.74, 6) is 1.38. The lowest BCUT2D eigenvalue weighted by Gasteiger charge is -2.22. The van der Waals surface area contributed by atoms with Crippen LogP contribution < -0.4 is 19.7 Å². The molecule has 7 nitrogen and oxygen atoms in total. The smallest absolute Gasteiger partial charge is 0.227 e. The quantitative estimate of drug-likeness (QED) is 0.915. The maximum absolute atomic E-state index is 12.3. The molecule has 0 spiro atoms. The van der Waals surface area contributed by atoms with E-state index in [9.17, 15) is 9.59 Å². The molecule has 1 saturated heterocycles. The summed E-state index contributed by atoms with van der Waals surface area (Å²) in [4.78, 5) is 26.3. The van der Waals surface area contributed by atoms with Crippen molar-refractivity contribution in [2.24, 2.45) is 5.92 Å². The van der Waals surface area contributed by atoms with E-state index >= 15 is 0 Å². The maximum atomic E-state index is 12.3. The fraction of sp³-hybridized carbons (Fsp3) is 0.333. The van der Waals surface area contributed by atoms with E-state index < -0.39 is 0 Å². The number of carbonyl (C=O) groups excluding carboxylic acids is 2. The Hall–Kier alpha value is -2.96. The third-order valence-electron chi connectivity index (χ3n) is 4.35. The number of carbonyl (C=O) groups is 2. The van der Waals surface area contributed by atoms with Gasteiger partial charge in [-0.05, 0) is 24.3 Å². The Balaban J connectivity index is 1.42. The molecular formula is C18H18N2O5. The van der Waals surface area contributed by atoms with E-state index in [0.29, 0.717) is 43.6 Å². The van der Waals surface area contributed by atoms with Crippen LogP contribution in [0.5, 0.6) is 11.5 Å². The van der Waals surface area contributed by atoms with Gasteiger partial charge in [0.2, 0.25) is 11.8 Å². The molecule has 130 valence electrons. The van der Waals surface area contributed by atoms with Gasteiger partial charge < -0.3 is 24.1 Å². The van der Waals surface area contributed by atoms with Crippen molar-refractivity contribution in [2.75, 3.05) is 24.7 Å². The summed E-state index contributed by atoms with van der Waals surface area (Å²) >= 11 is 0. The van der Waals surface area contributed by atoms with Gasteiger partial charge in [0.25, 0.3) is 0 Å². The van der Waals surface area contributed by atoms with Gasteiger partial charge in [-0.1, -0.05) is 0 Å². The first-order valence-electron chi connectivity index (χ1n) is 8.21. The van der Waals surface area contributed by atoms with Gasteiger partial charge in [0.1, 0.15) is 19.0 Å². The number of furan rings is 1. The molecule has 0 aliphatic carbocycles. The Morgan fingerprint density at radius 2 is 2.04 bits per heavy atom. The molecule has 0 bridgehead atoms. The first kappa shape index (κ1) is 15.6. The van der Waals surface area contributed by atoms with Gasteiger partial charge in [-0.3, -0.25) is 9.59 Å². The van der Waals surface area contributed by atoms with Crippen LogP contribution in [0.1, 0.15) is 12.2 Å². The summed E-state index contributed by atoms with van der Waals surface area (Å²) in [6, 6.07) is 8.96. The lowest BCUT2D eigenvalue weighted by Crippen LogP contribution is -2.32. The minimum absolute atomic E-state index is 0.0742. The zero-order valence-corrected chi connectivity index (χ0v) is 13.6. The van der Waals surface area contributed by atoms with Gasteiger partial charge >= 0.3 is 0 Å². The van der Waals surface area contributed by atoms with Crippen molar-refractivity contribution in [1.82, 2.24) is 5.32 Å². The third kappa shape index (κ3) is 3.17. The molecule has 2 amide bonds. The van der Waals surface area contributed by atoms with E-state index in [0.717, 1.165) is 5.69 Å². The van der Waals surface area contributed by atoms with E-state index in [1.165, 1.54) is 0 Å². The summed E-state index contributed by atoms with van der Waals surface area (Å²) in [5.41, 5.74) is 0.718. The van der Waals surface area contributed by atoms with Crippen LogP contribution in [0.25, 0.3) is 0 Å². The van der Waals surface area contributed by atoms with Crippen LogP contribution in [-0.4, -0.2) is 31.6 Å². The van der Waals surface area contributed by atoms with Gasteiger partial charge in [0.15, 0.2) is 11.5 Å². The van der Waals surface area contributed by atoms with E-state index in [-0.39, 0.29) is 24.2 Å². The molecule has 0 saturated carbocycles. The zero-order valence-electron chi connectivity index (χ0n) is 13.6. The molecule has 0 unspecified atom stereocenters. The predicted octanol–water partition coefficient (Wildman–Crippen LogP) is 1.72. The predicted molar refractivity (Wildman–Crippen MR) is 88.4 cm³/mol. The first-order valence-corrected chi connectivity index (χ1v) is 8.21. The van der Waals surface area contributed by atoms with Crippen molar-refractivity contribution < 1.29 is 23.5 Å². The molecule has 1 aromatic carbocycles. The lowest BCUT2D eigenvalue weighted by molar-refractivity contribution is -0.126. The lowest BCUT2D eigenvalue weighted by atomic mass is 10.1. The summed E-state index contributed by atoms with van der Waals surface area (Å²) < 4.78 is 16.2. The SMILES string of the molecule is O=C(NCc1ccco1)[C@H]1CC(=O)N(c2ccc3c(c2)OCCO3)C1. The van der Waals surface area contributed by atoms with Gasteiger partial charge in [-0.25, -0.2) is 0 Å². The van der Waals surface area contributed by atoms with E-state index in [1.807, 2.05) is 6.07 Å². The Bertz CT molecular complexity index is 787. The second kappa shape index (κ2) is 6.51. The molecule has 1 aromatic heterocycles. The van der Waals surface area contributed by atoms with Crippen LogP contribution in [0.2, 0.25) is 0 Å². The average molecular weight is 342 g/mol. The average Bonchev–Trinajstić information content (AvgIpc) is 3.29. The Morgan fingerprint density at radius 3 is 2.84 bits per heavy atom. The Morgan fingerprint density at radius 1 is 1.20 bits per heavy atom. The van der Waals surface area contributed by atoms with Crippen molar-refractivity contribution in [2.45, 2.75) is 13.0 Å². The summed E-state index contributed by atoms with van der Waals surface area (Å²) in [6.07, 6.45) is 1.75. The number of nitrogens with zero attached hydrogens (tertiary/aromatic N) is 1. The van der Waals surface area contributed by atoms with Crippen LogP contribution >= 0.6 is 0 Å². The van der Waals surface area contributed by atoms with Crippen molar-refractivity contribution in [3.05, 3.63) is 42.4 Å². The summed E-state index contributed by atoms with van der Waals surface area (Å²) in [5, 5.41) is 2.81. The molecule has 7 heteroatoms. The molecule has 2 aliphatic heterocycles. The highest BCUT2D eigenvalue weighted by Crippen LogP contribution is 2.35. The molecule has 1 N–H and O–H groups in total. The number of ether oxygens (including phenoxy) is 2. The fourth-order valence-corrected chi connectivity index (χ4v) is 3.06. The molecule has 3 heterocycles. The molecule has 2 aromatic rings. The zero-order chi connectivity index (χ0) is 17.2. The largest absolute Gasteiger partial charge is 0.486 e. The molecule has 4 rings (SSSR count). The highest BCUT2D eigenvalue weighted by Gasteiger charge is 2.35. The van der Waals surface area contributed by atoms with Gasteiger partial charge in [0, 0.05) is 24.7 Å². The molecule has 2 aliphatic rings. The van der Waals surface area contributed by atoms with Crippen LogP contribution in [0, 0.1) is 5.92 Å². The molecule has 25 heavy (non-hydrogen) atoms. The minimum Gasteiger partial charge on any atom is -0.486 e. The summed E-state index contributed by atoms with van der Waals surface area (Å²) in [7, 11) is 0. The number of nitrogens with one attached hydrogen (secondary N) is 1. The summed E-state index contributed by atoms with van der Waals surface area (Å²) in [6.45, 7) is 1.68. The van der Waals surface area contributed by atoms with Crippen molar-refractivity contribution >= 4 is 17.5 Å². The number of rotatable bonds is 4. The number of hydrogen-bond acceptors (Lipinski definition) is 5. The van der Waals surface area contributed by atoms with Crippen LogP contribution in [0.4, 0.5) is 5.69 Å². The second-order valence-electron chi connectivity index (χ2n) is 6.03. The van der Waals surface area contributed by atoms with Crippen LogP contribution in [0.15, 0.2) is 41.0 Å². The first-order chi connectivity index (χ1) is 12.2. The Kier molecular flexibility index (Phi) is 4.05. The maximum Gasteiger partial charge on any atom is 0.227 e. The monoisotopic (exact) mass is 342 g/mol. The molecule has 1 atom stereocenters. The fourth-order valence-electron chi connectivity index (χ4n) is 3.06. The van der Waals surface area contributed by atoms with Crippen LogP contribution in [0.3, 0.4) is 0 Å². The van der Waals surface area contributed by atoms with Gasteiger partial charge in [0.05, 0.1) is 18.7 Å². The van der Waals surface area contributed by atoms with Crippen molar-refractivity contribution in [1.29, 1.82) is 0 Å². The van der Waals surface area contributed by atoms with E-state index in [1.54, 1.807) is 35.4 Å². The number of amides is 2. The van der Waals surface area contributed by atoms with Crippen molar-refractivity contribution in [3.63, 3.8) is 0 Å². The molecule has 0 radical (unpaired) electrons. The van der Waals surface area contributed by atoms with E-state index in [2.05, 4.69) is 5.32 Å². The van der Waals surface area contributed by atoms with Crippen molar-refractivity contribution in [3.8, 4) is 11.5 Å². The highest BCUT2D eigenvalue weighted by molar-refractivity contribution is 6.00. The highest BCUT2D eigenvalue weighted by atomic mass is 16.6. The van der Waals surface area contributed by atoms with Crippen LogP contribution in [-0.2, 0) is 16.1 Å². The van der Waals surface area contributed by atoms with Gasteiger partial charge in [-0.15, -0.1) is 0 Å². The molecule has 1 fully saturated rings. The molecular weight excluding hydrogens is 324 g/mol. The topological polar surface area (TPSA) is 81.0 Å². The van der Waals surface area contributed by atoms with E-state index in [4.69, 9.17) is 13.9 Å². The second-order valence-corrected chi connectivity index (χ2v) is 6.03. The standard InChI is InChI=1S/C18H18N2O5/c21-17-8-12(18(22)19-10-14-2-1-5-23-14)11-20(17)13-3-4-15-16(9-13)25-7-6-24-15/h1-5,9,12H,6-8,10-11H2,(H,19,22)/t12-/m0/s1. The Labute approximate surface area is 144 Å². The van der Waals surface area contributed by atoms with Gasteiger partial charge in [-0.2, -0.15) is 0 Å². The number of fused-ring (bicyclic) bond motifs is 1. The number of anilines is 1. The normalized spacial score (nSPS) is 19.1.